The van der Waals surface area contributed by atoms with Gasteiger partial charge in [-0.25, -0.2) is 0 Å². The summed E-state index contributed by atoms with van der Waals surface area (Å²) < 4.78 is 39.6. The molecule has 0 saturated heterocycles. The number of nitrogens with one attached hydrogen (secondary N) is 2. The fourth-order valence-corrected chi connectivity index (χ4v) is 2.84. The second kappa shape index (κ2) is 8.45. The van der Waals surface area contributed by atoms with E-state index in [1.165, 1.54) is 11.6 Å². The molecule has 0 atom stereocenters. The molecule has 1 aromatic carbocycles. The molecule has 0 aliphatic heterocycles. The zero-order chi connectivity index (χ0) is 19.5. The van der Waals surface area contributed by atoms with Gasteiger partial charge in [0.15, 0.2) is 10.8 Å². The number of alkyl halides is 3. The van der Waals surface area contributed by atoms with Crippen LogP contribution in [0.15, 0.2) is 18.2 Å². The molecular formula is C16H17Cl2F3N4S. The van der Waals surface area contributed by atoms with E-state index in [1.54, 1.807) is 6.07 Å². The topological polar surface area (TPSA) is 41.9 Å². The lowest BCUT2D eigenvalue weighted by atomic mass is 10.2. The van der Waals surface area contributed by atoms with Gasteiger partial charge in [0.2, 0.25) is 0 Å². The molecule has 0 aliphatic rings. The van der Waals surface area contributed by atoms with Crippen LogP contribution in [0.3, 0.4) is 0 Å². The maximum atomic E-state index is 12.8. The van der Waals surface area contributed by atoms with Gasteiger partial charge in [-0.15, -0.1) is 0 Å². The molecule has 0 aliphatic carbocycles. The van der Waals surface area contributed by atoms with Crippen molar-refractivity contribution in [3.63, 3.8) is 0 Å². The maximum Gasteiger partial charge on any atom is 0.436 e. The highest BCUT2D eigenvalue weighted by molar-refractivity contribution is 7.80. The summed E-state index contributed by atoms with van der Waals surface area (Å²) >= 11 is 16.9. The minimum Gasteiger partial charge on any atom is -0.362 e. The number of benzene rings is 1. The number of anilines is 1. The van der Waals surface area contributed by atoms with Crippen LogP contribution in [0.2, 0.25) is 10.0 Å². The molecule has 2 aromatic rings. The lowest BCUT2D eigenvalue weighted by Gasteiger charge is -2.11. The molecule has 0 amide bonds. The third-order valence-corrected chi connectivity index (χ3v) is 4.77. The third kappa shape index (κ3) is 5.25. The Hall–Kier alpha value is -1.51. The Morgan fingerprint density at radius 1 is 1.27 bits per heavy atom. The van der Waals surface area contributed by atoms with E-state index in [1.807, 2.05) is 19.1 Å². The summed E-state index contributed by atoms with van der Waals surface area (Å²) in [5, 5.41) is 10.2. The van der Waals surface area contributed by atoms with Crippen molar-refractivity contribution >= 4 is 46.2 Å². The Morgan fingerprint density at radius 3 is 2.54 bits per heavy atom. The molecule has 2 N–H and O–H groups in total. The first-order valence-electron chi connectivity index (χ1n) is 7.70. The molecule has 0 saturated carbocycles. The van der Waals surface area contributed by atoms with E-state index in [9.17, 15) is 13.2 Å². The number of hydrogen-bond donors (Lipinski definition) is 2. The van der Waals surface area contributed by atoms with Crippen molar-refractivity contribution in [2.75, 3.05) is 11.9 Å². The molecule has 1 heterocycles. The van der Waals surface area contributed by atoms with Crippen LogP contribution in [0.5, 0.6) is 0 Å². The zero-order valence-electron chi connectivity index (χ0n) is 14.0. The first-order valence-corrected chi connectivity index (χ1v) is 8.87. The predicted octanol–water partition coefficient (Wildman–Crippen LogP) is 5.20. The first-order chi connectivity index (χ1) is 12.1. The van der Waals surface area contributed by atoms with E-state index in [2.05, 4.69) is 15.7 Å². The molecule has 4 nitrogen and oxygen atoms in total. The molecule has 26 heavy (non-hydrogen) atoms. The van der Waals surface area contributed by atoms with Gasteiger partial charge in [-0.3, -0.25) is 4.68 Å². The minimum absolute atomic E-state index is 0.285. The maximum absolute atomic E-state index is 12.8. The van der Waals surface area contributed by atoms with Gasteiger partial charge in [0.1, 0.15) is 0 Å². The van der Waals surface area contributed by atoms with Crippen LogP contribution >= 0.6 is 35.4 Å². The summed E-state index contributed by atoms with van der Waals surface area (Å²) in [6.07, 6.45) is -4.04. The van der Waals surface area contributed by atoms with E-state index in [-0.39, 0.29) is 17.3 Å². The normalized spacial score (nSPS) is 11.5. The molecule has 0 bridgehead atoms. The van der Waals surface area contributed by atoms with Gasteiger partial charge in [-0.2, -0.15) is 18.3 Å². The van der Waals surface area contributed by atoms with Gasteiger partial charge in [0.25, 0.3) is 0 Å². The van der Waals surface area contributed by atoms with Crippen molar-refractivity contribution in [1.82, 2.24) is 15.1 Å². The van der Waals surface area contributed by atoms with Crippen molar-refractivity contribution in [2.45, 2.75) is 33.0 Å². The summed E-state index contributed by atoms with van der Waals surface area (Å²) in [5.74, 6) is 0. The standard InChI is InChI=1S/C16H17Cl2F3N4S/c1-9-4-5-11(8-12(9)17)23-15(26)22-6-3-7-25-10(2)13(18)14(24-25)16(19,20)21/h4-5,8H,3,6-7H2,1-2H3,(H2,22,23,26). The lowest BCUT2D eigenvalue weighted by Crippen LogP contribution is -2.29. The summed E-state index contributed by atoms with van der Waals surface area (Å²) in [4.78, 5) is 0. The van der Waals surface area contributed by atoms with Crippen molar-refractivity contribution in [2.24, 2.45) is 0 Å². The molecule has 1 aromatic heterocycles. The Balaban J connectivity index is 1.83. The highest BCUT2D eigenvalue weighted by atomic mass is 35.5. The summed E-state index contributed by atoms with van der Waals surface area (Å²) in [7, 11) is 0. The van der Waals surface area contributed by atoms with E-state index in [0.717, 1.165) is 11.3 Å². The van der Waals surface area contributed by atoms with Gasteiger partial charge in [-0.05, 0) is 50.2 Å². The van der Waals surface area contributed by atoms with E-state index >= 15 is 0 Å². The van der Waals surface area contributed by atoms with Crippen molar-refractivity contribution < 1.29 is 13.2 Å². The van der Waals surface area contributed by atoms with Crippen LogP contribution in [0.25, 0.3) is 0 Å². The third-order valence-electron chi connectivity index (χ3n) is 3.66. The highest BCUT2D eigenvalue weighted by Gasteiger charge is 2.38. The summed E-state index contributed by atoms with van der Waals surface area (Å²) in [6, 6.07) is 5.48. The molecule has 2 rings (SSSR count). The molecule has 142 valence electrons. The number of aromatic nitrogens is 2. The fourth-order valence-electron chi connectivity index (χ4n) is 2.20. The Bertz CT molecular complexity index is 806. The smallest absolute Gasteiger partial charge is 0.362 e. The van der Waals surface area contributed by atoms with Crippen LogP contribution in [-0.2, 0) is 12.7 Å². The van der Waals surface area contributed by atoms with Gasteiger partial charge in [0.05, 0.1) is 10.7 Å². The van der Waals surface area contributed by atoms with Crippen molar-refractivity contribution in [1.29, 1.82) is 0 Å². The average molecular weight is 425 g/mol. The number of halogens is 5. The van der Waals surface area contributed by atoms with Crippen LogP contribution < -0.4 is 10.6 Å². The Morgan fingerprint density at radius 2 is 1.96 bits per heavy atom. The number of rotatable bonds is 5. The van der Waals surface area contributed by atoms with E-state index in [0.29, 0.717) is 23.1 Å². The van der Waals surface area contributed by atoms with Crippen LogP contribution in [0.4, 0.5) is 18.9 Å². The SMILES string of the molecule is Cc1ccc(NC(=S)NCCCn2nc(C(F)(F)F)c(Cl)c2C)cc1Cl. The van der Waals surface area contributed by atoms with E-state index < -0.39 is 11.9 Å². The van der Waals surface area contributed by atoms with Crippen LogP contribution in [-0.4, -0.2) is 21.4 Å². The first kappa shape index (κ1) is 20.8. The highest BCUT2D eigenvalue weighted by Crippen LogP contribution is 2.35. The van der Waals surface area contributed by atoms with Crippen LogP contribution in [0, 0.1) is 13.8 Å². The summed E-state index contributed by atoms with van der Waals surface area (Å²) in [6.45, 7) is 4.15. The number of hydrogen-bond acceptors (Lipinski definition) is 2. The monoisotopic (exact) mass is 424 g/mol. The second-order valence-corrected chi connectivity index (χ2v) is 6.86. The largest absolute Gasteiger partial charge is 0.436 e. The number of nitrogens with zero attached hydrogens (tertiary/aromatic N) is 2. The molecule has 0 unspecified atom stereocenters. The predicted molar refractivity (Wildman–Crippen MR) is 102 cm³/mol. The van der Waals surface area contributed by atoms with Gasteiger partial charge in [-0.1, -0.05) is 29.3 Å². The molecule has 0 radical (unpaired) electrons. The fraction of sp³-hybridized carbons (Fsp3) is 0.375. The Labute approximate surface area is 164 Å². The van der Waals surface area contributed by atoms with E-state index in [4.69, 9.17) is 35.4 Å². The molecular weight excluding hydrogens is 408 g/mol. The van der Waals surface area contributed by atoms with Gasteiger partial charge >= 0.3 is 6.18 Å². The second-order valence-electron chi connectivity index (χ2n) is 5.67. The molecule has 0 spiro atoms. The number of thiocarbonyl (C=S) groups is 1. The summed E-state index contributed by atoms with van der Waals surface area (Å²) in [5.41, 5.74) is 0.942. The average Bonchev–Trinajstić information content (AvgIpc) is 2.83. The quantitative estimate of drug-likeness (QED) is 0.511. The molecule has 10 heteroatoms. The van der Waals surface area contributed by atoms with Gasteiger partial charge < -0.3 is 10.6 Å². The lowest BCUT2D eigenvalue weighted by molar-refractivity contribution is -0.141. The Kier molecular flexibility index (Phi) is 6.76. The van der Waals surface area contributed by atoms with Gasteiger partial charge in [0, 0.05) is 23.8 Å². The molecule has 0 fully saturated rings. The van der Waals surface area contributed by atoms with Crippen molar-refractivity contribution in [3.8, 4) is 0 Å². The van der Waals surface area contributed by atoms with Crippen molar-refractivity contribution in [3.05, 3.63) is 45.2 Å². The number of aryl methyl sites for hydroxylation is 2. The zero-order valence-corrected chi connectivity index (χ0v) is 16.4. The van der Waals surface area contributed by atoms with Crippen LogP contribution in [0.1, 0.15) is 23.4 Å². The minimum atomic E-state index is -4.56.